The summed E-state index contributed by atoms with van der Waals surface area (Å²) in [5.74, 6) is -0.634. The summed E-state index contributed by atoms with van der Waals surface area (Å²) in [6, 6.07) is 7.52. The third-order valence-corrected chi connectivity index (χ3v) is 5.21. The van der Waals surface area contributed by atoms with E-state index in [9.17, 15) is 14.4 Å². The molecule has 0 saturated carbocycles. The highest BCUT2D eigenvalue weighted by Gasteiger charge is 2.36. The second-order valence-electron chi connectivity index (χ2n) is 7.39. The number of para-hydroxylation sites is 1. The number of carbonyl (C=O) groups excluding carboxylic acids is 3. The number of amides is 2. The fourth-order valence-corrected chi connectivity index (χ4v) is 3.24. The first-order chi connectivity index (χ1) is 13.4. The number of ketones is 1. The Morgan fingerprint density at radius 1 is 1.29 bits per heavy atom. The lowest BCUT2D eigenvalue weighted by Gasteiger charge is -2.23. The number of fused-ring (bicyclic) bond motifs is 1. The normalized spacial score (nSPS) is 21.5. The largest absolute Gasteiger partial charge is 0.451 e. The van der Waals surface area contributed by atoms with Crippen molar-refractivity contribution in [3.05, 3.63) is 36.1 Å². The Morgan fingerprint density at radius 3 is 2.68 bits per heavy atom. The van der Waals surface area contributed by atoms with E-state index in [1.807, 2.05) is 32.0 Å². The van der Waals surface area contributed by atoms with Gasteiger partial charge in [0.1, 0.15) is 24.3 Å². The molecule has 2 heterocycles. The van der Waals surface area contributed by atoms with E-state index in [1.165, 1.54) is 0 Å². The topological polar surface area (TPSA) is 97.6 Å². The van der Waals surface area contributed by atoms with Crippen LogP contribution in [0.15, 0.2) is 34.7 Å². The van der Waals surface area contributed by atoms with Gasteiger partial charge in [0.25, 0.3) is 5.91 Å². The van der Waals surface area contributed by atoms with Crippen LogP contribution < -0.4 is 10.6 Å². The monoisotopic (exact) mass is 386 g/mol. The number of nitrogens with one attached hydrogen (secondary N) is 2. The fourth-order valence-electron chi connectivity index (χ4n) is 3.24. The maximum atomic E-state index is 12.8. The zero-order chi connectivity index (χ0) is 20.3. The first kappa shape index (κ1) is 20.1. The molecule has 1 aromatic heterocycles. The molecule has 1 aliphatic heterocycles. The maximum absolute atomic E-state index is 12.8. The predicted molar refractivity (Wildman–Crippen MR) is 104 cm³/mol. The van der Waals surface area contributed by atoms with Crippen LogP contribution >= 0.6 is 0 Å². The maximum Gasteiger partial charge on any atom is 0.287 e. The van der Waals surface area contributed by atoms with E-state index in [4.69, 9.17) is 9.15 Å². The lowest BCUT2D eigenvalue weighted by Crippen LogP contribution is -2.53. The second kappa shape index (κ2) is 8.56. The van der Waals surface area contributed by atoms with Crippen LogP contribution in [0.25, 0.3) is 11.0 Å². The molecule has 0 spiro atoms. The van der Waals surface area contributed by atoms with Gasteiger partial charge in [-0.3, -0.25) is 14.4 Å². The molecule has 4 atom stereocenters. The number of hydrogen-bond acceptors (Lipinski definition) is 5. The van der Waals surface area contributed by atoms with Crippen molar-refractivity contribution in [2.24, 2.45) is 5.92 Å². The third kappa shape index (κ3) is 4.42. The summed E-state index contributed by atoms with van der Waals surface area (Å²) >= 11 is 0. The molecule has 2 unspecified atom stereocenters. The molecule has 0 radical (unpaired) electrons. The number of hydrogen-bond donors (Lipinski definition) is 2. The summed E-state index contributed by atoms with van der Waals surface area (Å²) in [6.07, 6.45) is 0.947. The molecule has 0 aliphatic carbocycles. The van der Waals surface area contributed by atoms with E-state index in [0.29, 0.717) is 12.0 Å². The van der Waals surface area contributed by atoms with Crippen molar-refractivity contribution in [1.82, 2.24) is 10.6 Å². The van der Waals surface area contributed by atoms with Crippen molar-refractivity contribution < 1.29 is 23.5 Å². The third-order valence-electron chi connectivity index (χ3n) is 5.21. The molecule has 1 fully saturated rings. The Kier molecular flexibility index (Phi) is 6.14. The van der Waals surface area contributed by atoms with Gasteiger partial charge in [0.15, 0.2) is 11.5 Å². The molecule has 2 aromatic rings. The Hall–Kier alpha value is -2.67. The van der Waals surface area contributed by atoms with E-state index in [-0.39, 0.29) is 36.1 Å². The quantitative estimate of drug-likeness (QED) is 0.762. The van der Waals surface area contributed by atoms with Gasteiger partial charge in [-0.25, -0.2) is 0 Å². The summed E-state index contributed by atoms with van der Waals surface area (Å²) < 4.78 is 10.9. The molecule has 1 aliphatic rings. The van der Waals surface area contributed by atoms with Gasteiger partial charge in [0.2, 0.25) is 5.91 Å². The molecule has 1 saturated heterocycles. The highest BCUT2D eigenvalue weighted by Crippen LogP contribution is 2.19. The zero-order valence-corrected chi connectivity index (χ0v) is 16.4. The highest BCUT2D eigenvalue weighted by molar-refractivity contribution is 5.99. The average molecular weight is 386 g/mol. The summed E-state index contributed by atoms with van der Waals surface area (Å²) in [7, 11) is 0. The number of Topliss-reactive ketones (excluding diaryl/α,β-unsaturated/α-hetero) is 1. The van der Waals surface area contributed by atoms with Gasteiger partial charge in [-0.15, -0.1) is 0 Å². The van der Waals surface area contributed by atoms with Gasteiger partial charge < -0.3 is 19.8 Å². The lowest BCUT2D eigenvalue weighted by molar-refractivity contribution is -0.127. The van der Waals surface area contributed by atoms with E-state index in [1.54, 1.807) is 19.1 Å². The van der Waals surface area contributed by atoms with Crippen LogP contribution in [0.1, 0.15) is 44.2 Å². The van der Waals surface area contributed by atoms with Crippen LogP contribution in [0.2, 0.25) is 0 Å². The van der Waals surface area contributed by atoms with Crippen LogP contribution in [-0.2, 0) is 14.3 Å². The molecule has 1 aromatic carbocycles. The molecule has 7 nitrogen and oxygen atoms in total. The van der Waals surface area contributed by atoms with Gasteiger partial charge in [-0.05, 0) is 31.4 Å². The average Bonchev–Trinajstić information content (AvgIpc) is 3.25. The minimum absolute atomic E-state index is 0.00646. The van der Waals surface area contributed by atoms with Gasteiger partial charge in [-0.2, -0.15) is 0 Å². The molecule has 3 rings (SSSR count). The first-order valence-electron chi connectivity index (χ1n) is 9.63. The summed E-state index contributed by atoms with van der Waals surface area (Å²) in [6.45, 7) is 5.77. The Balaban J connectivity index is 1.74. The predicted octanol–water partition coefficient (Wildman–Crippen LogP) is 2.44. The van der Waals surface area contributed by atoms with E-state index >= 15 is 0 Å². The second-order valence-corrected chi connectivity index (χ2v) is 7.39. The van der Waals surface area contributed by atoms with Crippen LogP contribution in [0.4, 0.5) is 0 Å². The van der Waals surface area contributed by atoms with Gasteiger partial charge in [0.05, 0.1) is 6.10 Å². The van der Waals surface area contributed by atoms with E-state index < -0.39 is 18.0 Å². The first-order valence-corrected chi connectivity index (χ1v) is 9.63. The van der Waals surface area contributed by atoms with Crippen LogP contribution in [-0.4, -0.2) is 42.4 Å². The Bertz CT molecular complexity index is 842. The number of rotatable bonds is 7. The standard InChI is InChI=1S/C21H26N2O5/c1-4-12(2)9-15(20(25)23-19-13(3)27-11-16(19)24)22-21(26)18-10-14-7-5-6-8-17(14)28-18/h5-8,10,12-13,15,19H,4,9,11H2,1-3H3,(H,22,26)(H,23,25)/t12?,13-,15?,19+/m1/s1. The molecule has 7 heteroatoms. The van der Waals surface area contributed by atoms with Crippen molar-refractivity contribution in [2.75, 3.05) is 6.61 Å². The number of benzene rings is 1. The van der Waals surface area contributed by atoms with Crippen molar-refractivity contribution >= 4 is 28.6 Å². The molecule has 2 amide bonds. The summed E-state index contributed by atoms with van der Waals surface area (Å²) in [5.41, 5.74) is 0.609. The Labute approximate surface area is 163 Å². The van der Waals surface area contributed by atoms with Gasteiger partial charge in [0, 0.05) is 5.39 Å². The van der Waals surface area contributed by atoms with Crippen LogP contribution in [0, 0.1) is 5.92 Å². The highest BCUT2D eigenvalue weighted by atomic mass is 16.5. The molecular weight excluding hydrogens is 360 g/mol. The minimum Gasteiger partial charge on any atom is -0.451 e. The van der Waals surface area contributed by atoms with Crippen molar-refractivity contribution in [2.45, 2.75) is 51.8 Å². The van der Waals surface area contributed by atoms with Crippen LogP contribution in [0.5, 0.6) is 0 Å². The molecule has 28 heavy (non-hydrogen) atoms. The van der Waals surface area contributed by atoms with Crippen LogP contribution in [0.3, 0.4) is 0 Å². The molecular formula is C21H26N2O5. The molecule has 2 N–H and O–H groups in total. The number of furan rings is 1. The van der Waals surface area contributed by atoms with E-state index in [0.717, 1.165) is 11.8 Å². The molecule has 0 bridgehead atoms. The fraction of sp³-hybridized carbons (Fsp3) is 0.476. The zero-order valence-electron chi connectivity index (χ0n) is 16.4. The lowest BCUT2D eigenvalue weighted by atomic mass is 9.98. The molecule has 150 valence electrons. The smallest absolute Gasteiger partial charge is 0.287 e. The van der Waals surface area contributed by atoms with Gasteiger partial charge >= 0.3 is 0 Å². The Morgan fingerprint density at radius 2 is 2.04 bits per heavy atom. The number of ether oxygens (including phenoxy) is 1. The van der Waals surface area contributed by atoms with Crippen molar-refractivity contribution in [3.8, 4) is 0 Å². The minimum atomic E-state index is -0.767. The SMILES string of the molecule is CCC(C)CC(NC(=O)c1cc2ccccc2o1)C(=O)N[C@@H]1C(=O)CO[C@@H]1C. The summed E-state index contributed by atoms with van der Waals surface area (Å²) in [5, 5.41) is 6.32. The summed E-state index contributed by atoms with van der Waals surface area (Å²) in [4.78, 5) is 37.4. The van der Waals surface area contributed by atoms with Crippen molar-refractivity contribution in [3.63, 3.8) is 0 Å². The van der Waals surface area contributed by atoms with Crippen molar-refractivity contribution in [1.29, 1.82) is 0 Å². The van der Waals surface area contributed by atoms with E-state index in [2.05, 4.69) is 10.6 Å². The van der Waals surface area contributed by atoms with Gasteiger partial charge in [-0.1, -0.05) is 38.5 Å². The number of carbonyl (C=O) groups is 3.